The minimum Gasteiger partial charge on any atom is -0.408 e. The average molecular weight is 258 g/mol. The van der Waals surface area contributed by atoms with E-state index in [1.807, 2.05) is 0 Å². The fraction of sp³-hybridized carbons (Fsp3) is 0.750. The molecule has 0 spiro atoms. The maximum Gasteiger partial charge on any atom is 0.390 e. The lowest BCUT2D eigenvalue weighted by Gasteiger charge is -2.14. The van der Waals surface area contributed by atoms with Crippen LogP contribution in [0, 0.1) is 0 Å². The van der Waals surface area contributed by atoms with Gasteiger partial charge in [0.15, 0.2) is 0 Å². The van der Waals surface area contributed by atoms with Gasteiger partial charge in [0, 0.05) is 25.9 Å². The summed E-state index contributed by atoms with van der Waals surface area (Å²) < 4.78 is 40.9. The second-order valence-corrected chi connectivity index (χ2v) is 3.58. The van der Waals surface area contributed by atoms with Crippen molar-refractivity contribution in [2.75, 3.05) is 24.4 Å². The van der Waals surface area contributed by atoms with E-state index in [0.717, 1.165) is 0 Å². The van der Waals surface area contributed by atoms with E-state index in [9.17, 15) is 13.2 Å². The second kappa shape index (κ2) is 5.38. The van der Waals surface area contributed by atoms with Crippen molar-refractivity contribution >= 4 is 17.6 Å². The smallest absolute Gasteiger partial charge is 0.390 e. The number of alkyl halides is 4. The molecule has 1 rings (SSSR count). The van der Waals surface area contributed by atoms with E-state index in [2.05, 4.69) is 10.2 Å². The van der Waals surface area contributed by atoms with Gasteiger partial charge in [-0.2, -0.15) is 13.2 Å². The standard InChI is InChI=1S/C8H11ClF3N3O/c1-15(5-3-8(10,11)12)7-14-13-6(16-7)2-4-9/h2-5H2,1H3. The Bertz CT molecular complexity index is 329. The van der Waals surface area contributed by atoms with E-state index in [-0.39, 0.29) is 12.6 Å². The Morgan fingerprint density at radius 1 is 1.38 bits per heavy atom. The van der Waals surface area contributed by atoms with Crippen molar-refractivity contribution in [3.8, 4) is 0 Å². The number of nitrogens with zero attached hydrogens (tertiary/aromatic N) is 3. The molecule has 0 atom stereocenters. The Morgan fingerprint density at radius 3 is 2.62 bits per heavy atom. The lowest BCUT2D eigenvalue weighted by molar-refractivity contribution is -0.132. The zero-order chi connectivity index (χ0) is 12.2. The number of aromatic nitrogens is 2. The molecule has 0 aliphatic carbocycles. The topological polar surface area (TPSA) is 42.2 Å². The first-order valence-electron chi connectivity index (χ1n) is 4.58. The maximum atomic E-state index is 11.9. The van der Waals surface area contributed by atoms with Gasteiger partial charge in [0.1, 0.15) is 0 Å². The highest BCUT2D eigenvalue weighted by atomic mass is 35.5. The molecule has 0 unspecified atom stereocenters. The molecule has 0 aromatic carbocycles. The molecule has 92 valence electrons. The largest absolute Gasteiger partial charge is 0.408 e. The van der Waals surface area contributed by atoms with Crippen LogP contribution >= 0.6 is 11.6 Å². The molecule has 0 fully saturated rings. The van der Waals surface area contributed by atoms with Gasteiger partial charge in [-0.05, 0) is 0 Å². The van der Waals surface area contributed by atoms with Crippen molar-refractivity contribution < 1.29 is 17.6 Å². The van der Waals surface area contributed by atoms with Gasteiger partial charge in [-0.25, -0.2) is 0 Å². The zero-order valence-electron chi connectivity index (χ0n) is 8.59. The highest BCUT2D eigenvalue weighted by Gasteiger charge is 2.28. The summed E-state index contributed by atoms with van der Waals surface area (Å²) in [5.41, 5.74) is 0. The van der Waals surface area contributed by atoms with Crippen LogP contribution in [-0.2, 0) is 6.42 Å². The normalized spacial score (nSPS) is 11.8. The molecule has 0 radical (unpaired) electrons. The molecule has 0 saturated heterocycles. The van der Waals surface area contributed by atoms with Crippen LogP contribution < -0.4 is 4.90 Å². The first-order valence-corrected chi connectivity index (χ1v) is 5.12. The van der Waals surface area contributed by atoms with Crippen LogP contribution in [0.5, 0.6) is 0 Å². The van der Waals surface area contributed by atoms with Crippen LogP contribution in [-0.4, -0.2) is 35.8 Å². The summed E-state index contributed by atoms with van der Waals surface area (Å²) in [7, 11) is 1.46. The van der Waals surface area contributed by atoms with Crippen molar-refractivity contribution in [1.29, 1.82) is 0 Å². The maximum absolute atomic E-state index is 11.9. The Balaban J connectivity index is 2.49. The molecule has 1 aromatic rings. The SMILES string of the molecule is CN(CCC(F)(F)F)c1nnc(CCCl)o1. The summed E-state index contributed by atoms with van der Waals surface area (Å²) in [6.07, 6.45) is -4.70. The van der Waals surface area contributed by atoms with E-state index in [1.165, 1.54) is 11.9 Å². The van der Waals surface area contributed by atoms with Crippen LogP contribution in [0.2, 0.25) is 0 Å². The number of halogens is 4. The molecule has 0 amide bonds. The average Bonchev–Trinajstić information content (AvgIpc) is 2.62. The lowest BCUT2D eigenvalue weighted by Crippen LogP contribution is -2.24. The molecule has 1 aromatic heterocycles. The van der Waals surface area contributed by atoms with Crippen LogP contribution in [0.3, 0.4) is 0 Å². The summed E-state index contributed by atoms with van der Waals surface area (Å²) in [6.45, 7) is -0.216. The van der Waals surface area contributed by atoms with Gasteiger partial charge in [0.2, 0.25) is 5.89 Å². The van der Waals surface area contributed by atoms with E-state index >= 15 is 0 Å². The predicted molar refractivity (Wildman–Crippen MR) is 52.7 cm³/mol. The number of hydrogen-bond acceptors (Lipinski definition) is 4. The summed E-state index contributed by atoms with van der Waals surface area (Å²) in [5, 5.41) is 7.27. The first-order chi connectivity index (χ1) is 7.42. The Hall–Kier alpha value is -0.980. The number of anilines is 1. The van der Waals surface area contributed by atoms with Gasteiger partial charge < -0.3 is 9.32 Å². The highest BCUT2D eigenvalue weighted by molar-refractivity contribution is 6.17. The van der Waals surface area contributed by atoms with Crippen LogP contribution in [0.15, 0.2) is 4.42 Å². The molecular formula is C8H11ClF3N3O. The quantitative estimate of drug-likeness (QED) is 0.759. The van der Waals surface area contributed by atoms with Crippen molar-refractivity contribution in [3.05, 3.63) is 5.89 Å². The zero-order valence-corrected chi connectivity index (χ0v) is 9.35. The molecule has 16 heavy (non-hydrogen) atoms. The van der Waals surface area contributed by atoms with E-state index in [1.54, 1.807) is 0 Å². The van der Waals surface area contributed by atoms with Crippen LogP contribution in [0.4, 0.5) is 19.2 Å². The number of rotatable bonds is 5. The Morgan fingerprint density at radius 2 is 2.06 bits per heavy atom. The van der Waals surface area contributed by atoms with Gasteiger partial charge in [0.05, 0.1) is 6.42 Å². The summed E-state index contributed by atoms with van der Waals surface area (Å²) in [6, 6.07) is 0.0735. The third kappa shape index (κ3) is 4.26. The first kappa shape index (κ1) is 13.1. The highest BCUT2D eigenvalue weighted by Crippen LogP contribution is 2.21. The molecule has 4 nitrogen and oxygen atoms in total. The summed E-state index contributed by atoms with van der Waals surface area (Å²) >= 11 is 5.46. The minimum atomic E-state index is -4.19. The molecule has 0 saturated carbocycles. The van der Waals surface area contributed by atoms with Gasteiger partial charge in [-0.15, -0.1) is 16.7 Å². The molecule has 1 heterocycles. The van der Waals surface area contributed by atoms with Crippen molar-refractivity contribution in [3.63, 3.8) is 0 Å². The fourth-order valence-electron chi connectivity index (χ4n) is 0.971. The summed E-state index contributed by atoms with van der Waals surface area (Å²) in [4.78, 5) is 1.26. The van der Waals surface area contributed by atoms with E-state index < -0.39 is 12.6 Å². The molecule has 0 aliphatic rings. The van der Waals surface area contributed by atoms with Crippen molar-refractivity contribution in [2.45, 2.75) is 19.0 Å². The second-order valence-electron chi connectivity index (χ2n) is 3.20. The molecule has 0 bridgehead atoms. The third-order valence-corrected chi connectivity index (χ3v) is 2.01. The molecule has 0 N–H and O–H groups in total. The van der Waals surface area contributed by atoms with E-state index in [4.69, 9.17) is 16.0 Å². The van der Waals surface area contributed by atoms with Crippen molar-refractivity contribution in [2.24, 2.45) is 0 Å². The Kier molecular flexibility index (Phi) is 4.40. The predicted octanol–water partition coefficient (Wildman–Crippen LogP) is 2.24. The molecular weight excluding hydrogens is 247 g/mol. The third-order valence-electron chi connectivity index (χ3n) is 1.82. The fourth-order valence-corrected chi connectivity index (χ4v) is 1.13. The van der Waals surface area contributed by atoms with Crippen LogP contribution in [0.1, 0.15) is 12.3 Å². The van der Waals surface area contributed by atoms with Crippen molar-refractivity contribution in [1.82, 2.24) is 10.2 Å². The van der Waals surface area contributed by atoms with Gasteiger partial charge in [0.25, 0.3) is 0 Å². The monoisotopic (exact) mass is 257 g/mol. The molecule has 0 aliphatic heterocycles. The lowest BCUT2D eigenvalue weighted by atomic mass is 10.4. The summed E-state index contributed by atoms with van der Waals surface area (Å²) in [5.74, 6) is 0.650. The van der Waals surface area contributed by atoms with E-state index in [0.29, 0.717) is 18.2 Å². The van der Waals surface area contributed by atoms with Gasteiger partial charge in [-0.1, -0.05) is 5.10 Å². The minimum absolute atomic E-state index is 0.0735. The Labute approximate surface area is 95.4 Å². The number of hydrogen-bond donors (Lipinski definition) is 0. The van der Waals surface area contributed by atoms with Gasteiger partial charge >= 0.3 is 12.2 Å². The van der Waals surface area contributed by atoms with Crippen LogP contribution in [0.25, 0.3) is 0 Å². The molecule has 8 heteroatoms. The van der Waals surface area contributed by atoms with Gasteiger partial charge in [-0.3, -0.25) is 0 Å². The number of aryl methyl sites for hydroxylation is 1.